The Balaban J connectivity index is 1.85. The van der Waals surface area contributed by atoms with Crippen molar-refractivity contribution >= 4 is 17.5 Å². The second kappa shape index (κ2) is 9.51. The van der Waals surface area contributed by atoms with Gasteiger partial charge >= 0.3 is 0 Å². The van der Waals surface area contributed by atoms with Crippen LogP contribution in [0.2, 0.25) is 0 Å². The molecular weight excluding hydrogens is 350 g/mol. The molecule has 2 rings (SSSR count). The fraction of sp³-hybridized carbons (Fsp3) is 0.391. The molecule has 5 heteroatoms. The summed E-state index contributed by atoms with van der Waals surface area (Å²) < 4.78 is 0. The first-order chi connectivity index (χ1) is 13.2. The maximum atomic E-state index is 12.3. The average Bonchev–Trinajstić information content (AvgIpc) is 2.60. The van der Waals surface area contributed by atoms with Crippen LogP contribution in [0.3, 0.4) is 0 Å². The molecule has 0 heterocycles. The van der Waals surface area contributed by atoms with Gasteiger partial charge in [0.1, 0.15) is 0 Å². The number of hydrogen-bond acceptors (Lipinski definition) is 3. The summed E-state index contributed by atoms with van der Waals surface area (Å²) >= 11 is 0. The summed E-state index contributed by atoms with van der Waals surface area (Å²) in [5.74, 6) is -0.237. The maximum absolute atomic E-state index is 12.3. The summed E-state index contributed by atoms with van der Waals surface area (Å²) in [6.07, 6.45) is 0. The van der Waals surface area contributed by atoms with E-state index in [9.17, 15) is 9.59 Å². The van der Waals surface area contributed by atoms with Gasteiger partial charge in [-0.15, -0.1) is 0 Å². The molecule has 2 amide bonds. The van der Waals surface area contributed by atoms with E-state index in [-0.39, 0.29) is 30.9 Å². The highest BCUT2D eigenvalue weighted by atomic mass is 16.2. The zero-order valence-electron chi connectivity index (χ0n) is 17.7. The van der Waals surface area contributed by atoms with Gasteiger partial charge in [-0.25, -0.2) is 0 Å². The van der Waals surface area contributed by atoms with Crippen molar-refractivity contribution in [3.8, 4) is 0 Å². The van der Waals surface area contributed by atoms with Gasteiger partial charge in [0.05, 0.1) is 19.1 Å². The third-order valence-electron chi connectivity index (χ3n) is 5.11. The minimum Gasteiger partial charge on any atom is -0.348 e. The summed E-state index contributed by atoms with van der Waals surface area (Å²) in [5, 5.41) is 5.92. The van der Waals surface area contributed by atoms with Crippen LogP contribution in [0.4, 0.5) is 5.69 Å². The minimum atomic E-state index is -0.133. The maximum Gasteiger partial charge on any atom is 0.238 e. The van der Waals surface area contributed by atoms with Gasteiger partial charge < -0.3 is 10.6 Å². The number of aryl methyl sites for hydroxylation is 3. The highest BCUT2D eigenvalue weighted by Gasteiger charge is 2.15. The summed E-state index contributed by atoms with van der Waals surface area (Å²) in [5.41, 5.74) is 6.51. The Bertz CT molecular complexity index is 861. The van der Waals surface area contributed by atoms with E-state index in [2.05, 4.69) is 36.6 Å². The van der Waals surface area contributed by atoms with Crippen molar-refractivity contribution in [3.05, 3.63) is 64.2 Å². The van der Waals surface area contributed by atoms with Crippen LogP contribution < -0.4 is 10.6 Å². The van der Waals surface area contributed by atoms with Crippen molar-refractivity contribution in [1.29, 1.82) is 0 Å². The van der Waals surface area contributed by atoms with E-state index in [4.69, 9.17) is 0 Å². The van der Waals surface area contributed by atoms with Crippen molar-refractivity contribution in [3.63, 3.8) is 0 Å². The molecule has 0 saturated carbocycles. The second-order valence-electron chi connectivity index (χ2n) is 7.60. The molecule has 2 aromatic rings. The lowest BCUT2D eigenvalue weighted by Gasteiger charge is -2.20. The van der Waals surface area contributed by atoms with Gasteiger partial charge in [0.15, 0.2) is 0 Å². The lowest BCUT2D eigenvalue weighted by molar-refractivity contribution is -0.123. The van der Waals surface area contributed by atoms with Gasteiger partial charge in [-0.3, -0.25) is 14.5 Å². The Hall–Kier alpha value is -2.66. The monoisotopic (exact) mass is 381 g/mol. The topological polar surface area (TPSA) is 61.4 Å². The van der Waals surface area contributed by atoms with E-state index in [1.807, 2.05) is 45.0 Å². The first-order valence-electron chi connectivity index (χ1n) is 9.58. The number of carbonyl (C=O) groups excluding carboxylic acids is 2. The fourth-order valence-electron chi connectivity index (χ4n) is 3.03. The zero-order chi connectivity index (χ0) is 20.8. The number of likely N-dealkylation sites (N-methyl/N-ethyl adjacent to an activating group) is 1. The third kappa shape index (κ3) is 5.92. The molecule has 0 bridgehead atoms. The number of rotatable bonds is 7. The van der Waals surface area contributed by atoms with Gasteiger partial charge in [0.2, 0.25) is 11.8 Å². The van der Waals surface area contributed by atoms with Crippen molar-refractivity contribution in [2.24, 2.45) is 0 Å². The predicted octanol–water partition coefficient (Wildman–Crippen LogP) is 3.67. The Labute approximate surface area is 168 Å². The molecule has 0 spiro atoms. The molecule has 2 aromatic carbocycles. The Morgan fingerprint density at radius 2 is 1.61 bits per heavy atom. The standard InChI is InChI=1S/C23H31N3O2/c1-15-10-11-20(12-17(15)3)19(5)24-22(27)13-26(6)14-23(28)25-21-9-7-8-16(2)18(21)4/h7-12,19H,13-14H2,1-6H3,(H,24,27)(H,25,28)/t19-/m1/s1. The van der Waals surface area contributed by atoms with Crippen LogP contribution in [0.1, 0.15) is 40.8 Å². The zero-order valence-corrected chi connectivity index (χ0v) is 17.7. The third-order valence-corrected chi connectivity index (χ3v) is 5.11. The quantitative estimate of drug-likeness (QED) is 0.769. The predicted molar refractivity (Wildman–Crippen MR) is 115 cm³/mol. The normalized spacial score (nSPS) is 12.0. The van der Waals surface area contributed by atoms with E-state index < -0.39 is 0 Å². The van der Waals surface area contributed by atoms with Gasteiger partial charge in [0, 0.05) is 5.69 Å². The van der Waals surface area contributed by atoms with Crippen LogP contribution in [0.5, 0.6) is 0 Å². The van der Waals surface area contributed by atoms with E-state index in [0.29, 0.717) is 0 Å². The van der Waals surface area contributed by atoms with Crippen LogP contribution >= 0.6 is 0 Å². The largest absolute Gasteiger partial charge is 0.348 e. The molecule has 0 aliphatic rings. The molecule has 0 aliphatic carbocycles. The number of amides is 2. The smallest absolute Gasteiger partial charge is 0.238 e. The lowest BCUT2D eigenvalue weighted by atomic mass is 10.0. The number of carbonyl (C=O) groups is 2. The molecule has 0 radical (unpaired) electrons. The fourth-order valence-corrected chi connectivity index (χ4v) is 3.03. The summed E-state index contributed by atoms with van der Waals surface area (Å²) in [6.45, 7) is 10.4. The van der Waals surface area contributed by atoms with Gasteiger partial charge in [0.25, 0.3) is 0 Å². The van der Waals surface area contributed by atoms with Gasteiger partial charge in [-0.1, -0.05) is 30.3 Å². The van der Waals surface area contributed by atoms with Crippen molar-refractivity contribution in [2.75, 3.05) is 25.5 Å². The summed E-state index contributed by atoms with van der Waals surface area (Å²) in [7, 11) is 1.77. The van der Waals surface area contributed by atoms with E-state index in [0.717, 1.165) is 22.4 Å². The molecule has 1 atom stereocenters. The van der Waals surface area contributed by atoms with Crippen LogP contribution in [0, 0.1) is 27.7 Å². The molecule has 150 valence electrons. The minimum absolute atomic E-state index is 0.0797. The molecule has 0 fully saturated rings. The van der Waals surface area contributed by atoms with E-state index >= 15 is 0 Å². The molecular formula is C23H31N3O2. The van der Waals surface area contributed by atoms with Crippen LogP contribution in [0.25, 0.3) is 0 Å². The molecule has 0 aromatic heterocycles. The molecule has 28 heavy (non-hydrogen) atoms. The number of anilines is 1. The van der Waals surface area contributed by atoms with E-state index in [1.165, 1.54) is 11.1 Å². The molecule has 5 nitrogen and oxygen atoms in total. The highest BCUT2D eigenvalue weighted by molar-refractivity contribution is 5.93. The summed E-state index contributed by atoms with van der Waals surface area (Å²) in [6, 6.07) is 11.9. The molecule has 2 N–H and O–H groups in total. The van der Waals surface area contributed by atoms with Crippen LogP contribution in [-0.2, 0) is 9.59 Å². The lowest BCUT2D eigenvalue weighted by Crippen LogP contribution is -2.39. The van der Waals surface area contributed by atoms with E-state index in [1.54, 1.807) is 11.9 Å². The van der Waals surface area contributed by atoms with Crippen molar-refractivity contribution < 1.29 is 9.59 Å². The Kier molecular flexibility index (Phi) is 7.35. The second-order valence-corrected chi connectivity index (χ2v) is 7.60. The highest BCUT2D eigenvalue weighted by Crippen LogP contribution is 2.18. The first kappa shape index (κ1) is 21.6. The van der Waals surface area contributed by atoms with Crippen molar-refractivity contribution in [2.45, 2.75) is 40.7 Å². The molecule has 0 saturated heterocycles. The Morgan fingerprint density at radius 3 is 2.29 bits per heavy atom. The molecule has 0 aliphatic heterocycles. The average molecular weight is 382 g/mol. The molecule has 0 unspecified atom stereocenters. The van der Waals surface area contributed by atoms with Gasteiger partial charge in [-0.2, -0.15) is 0 Å². The number of nitrogens with one attached hydrogen (secondary N) is 2. The first-order valence-corrected chi connectivity index (χ1v) is 9.58. The SMILES string of the molecule is Cc1ccc([C@@H](C)NC(=O)CN(C)CC(=O)Nc2cccc(C)c2C)cc1C. The van der Waals surface area contributed by atoms with Crippen LogP contribution in [-0.4, -0.2) is 36.9 Å². The Morgan fingerprint density at radius 1 is 0.929 bits per heavy atom. The van der Waals surface area contributed by atoms with Crippen LogP contribution in [0.15, 0.2) is 36.4 Å². The number of nitrogens with zero attached hydrogens (tertiary/aromatic N) is 1. The van der Waals surface area contributed by atoms with Crippen molar-refractivity contribution in [1.82, 2.24) is 10.2 Å². The number of hydrogen-bond donors (Lipinski definition) is 2. The van der Waals surface area contributed by atoms with Gasteiger partial charge in [-0.05, 0) is 75.5 Å². The number of benzene rings is 2. The summed E-state index contributed by atoms with van der Waals surface area (Å²) in [4.78, 5) is 26.4.